The van der Waals surface area contributed by atoms with Gasteiger partial charge in [-0.3, -0.25) is 4.98 Å². The Hall–Kier alpha value is -2.32. The van der Waals surface area contributed by atoms with Gasteiger partial charge in [0.05, 0.1) is 25.0 Å². The minimum Gasteiger partial charge on any atom is -0.377 e. The highest BCUT2D eigenvalue weighted by Crippen LogP contribution is 2.30. The summed E-state index contributed by atoms with van der Waals surface area (Å²) >= 11 is 0. The molecule has 5 nitrogen and oxygen atoms in total. The highest BCUT2D eigenvalue weighted by Gasteiger charge is 2.44. The predicted octanol–water partition coefficient (Wildman–Crippen LogP) is 1.64. The predicted molar refractivity (Wildman–Crippen MR) is 68.1 cm³/mol. The van der Waals surface area contributed by atoms with E-state index in [1.807, 2.05) is 25.1 Å². The van der Waals surface area contributed by atoms with Gasteiger partial charge in [-0.1, -0.05) is 0 Å². The van der Waals surface area contributed by atoms with E-state index >= 15 is 0 Å². The van der Waals surface area contributed by atoms with Gasteiger partial charge in [0.25, 0.3) is 0 Å². The molecule has 1 aliphatic rings. The number of hydrogen-bond acceptors (Lipinski definition) is 5. The van der Waals surface area contributed by atoms with Gasteiger partial charge in [0.15, 0.2) is 11.2 Å². The zero-order valence-corrected chi connectivity index (χ0v) is 10.5. The molecule has 0 unspecified atom stereocenters. The van der Waals surface area contributed by atoms with Crippen molar-refractivity contribution in [2.24, 2.45) is 0 Å². The van der Waals surface area contributed by atoms with Crippen molar-refractivity contribution in [3.8, 4) is 17.3 Å². The van der Waals surface area contributed by atoms with E-state index in [0.717, 1.165) is 17.0 Å². The molecule has 2 aromatic rings. The van der Waals surface area contributed by atoms with Crippen LogP contribution >= 0.6 is 0 Å². The SMILES string of the molecule is Cc1cc(-c2cccnc2)nc(C2(C#N)COC2)n1. The van der Waals surface area contributed by atoms with E-state index in [0.29, 0.717) is 19.0 Å². The maximum Gasteiger partial charge on any atom is 0.163 e. The number of rotatable bonds is 2. The summed E-state index contributed by atoms with van der Waals surface area (Å²) in [6.45, 7) is 2.62. The summed E-state index contributed by atoms with van der Waals surface area (Å²) in [7, 11) is 0. The molecule has 0 N–H and O–H groups in total. The van der Waals surface area contributed by atoms with Crippen LogP contribution < -0.4 is 0 Å². The quantitative estimate of drug-likeness (QED) is 0.812. The molecule has 3 rings (SSSR count). The van der Waals surface area contributed by atoms with Crippen LogP contribution in [0.2, 0.25) is 0 Å². The molecule has 1 saturated heterocycles. The van der Waals surface area contributed by atoms with E-state index in [9.17, 15) is 5.26 Å². The van der Waals surface area contributed by atoms with Crippen molar-refractivity contribution < 1.29 is 4.74 Å². The van der Waals surface area contributed by atoms with Crippen LogP contribution in [0.4, 0.5) is 0 Å². The summed E-state index contributed by atoms with van der Waals surface area (Å²) in [5.41, 5.74) is 1.85. The van der Waals surface area contributed by atoms with Gasteiger partial charge in [-0.05, 0) is 25.1 Å². The second-order valence-corrected chi connectivity index (χ2v) is 4.65. The number of nitrogens with zero attached hydrogens (tertiary/aromatic N) is 4. The molecule has 1 fully saturated rings. The average molecular weight is 252 g/mol. The molecule has 1 aliphatic heterocycles. The van der Waals surface area contributed by atoms with Crippen molar-refractivity contribution in [2.75, 3.05) is 13.2 Å². The lowest BCUT2D eigenvalue weighted by Crippen LogP contribution is -2.47. The normalized spacial score (nSPS) is 16.4. The van der Waals surface area contributed by atoms with E-state index in [-0.39, 0.29) is 0 Å². The van der Waals surface area contributed by atoms with Crippen molar-refractivity contribution in [3.63, 3.8) is 0 Å². The van der Waals surface area contributed by atoms with E-state index in [2.05, 4.69) is 21.0 Å². The van der Waals surface area contributed by atoms with E-state index in [4.69, 9.17) is 4.74 Å². The van der Waals surface area contributed by atoms with Crippen molar-refractivity contribution in [2.45, 2.75) is 12.3 Å². The number of aryl methyl sites for hydroxylation is 1. The van der Waals surface area contributed by atoms with Gasteiger partial charge in [-0.2, -0.15) is 5.26 Å². The Morgan fingerprint density at radius 1 is 1.37 bits per heavy atom. The van der Waals surface area contributed by atoms with Crippen LogP contribution in [0.1, 0.15) is 11.5 Å². The van der Waals surface area contributed by atoms with E-state index < -0.39 is 5.41 Å². The molecule has 0 bridgehead atoms. The molecule has 0 spiro atoms. The lowest BCUT2D eigenvalue weighted by Gasteiger charge is -2.33. The molecule has 19 heavy (non-hydrogen) atoms. The van der Waals surface area contributed by atoms with Gasteiger partial charge >= 0.3 is 0 Å². The number of pyridine rings is 1. The third-order valence-electron chi connectivity index (χ3n) is 3.15. The standard InChI is InChI=1S/C14H12N4O/c1-10-5-12(11-3-2-4-16-6-11)18-13(17-10)14(7-15)8-19-9-14/h2-6H,8-9H2,1H3. The average Bonchev–Trinajstić information content (AvgIpc) is 2.39. The monoisotopic (exact) mass is 252 g/mol. The molecule has 3 heterocycles. The van der Waals surface area contributed by atoms with Crippen molar-refractivity contribution in [3.05, 3.63) is 42.1 Å². The minimum atomic E-state index is -0.691. The Morgan fingerprint density at radius 3 is 2.79 bits per heavy atom. The Morgan fingerprint density at radius 2 is 2.21 bits per heavy atom. The largest absolute Gasteiger partial charge is 0.377 e. The first kappa shape index (κ1) is 11.8. The fraction of sp³-hybridized carbons (Fsp3) is 0.286. The molecular weight excluding hydrogens is 240 g/mol. The third kappa shape index (κ3) is 1.96. The Balaban J connectivity index is 2.09. The lowest BCUT2D eigenvalue weighted by atomic mass is 9.86. The molecule has 0 amide bonds. The first-order valence-electron chi connectivity index (χ1n) is 5.99. The first-order valence-corrected chi connectivity index (χ1v) is 5.99. The van der Waals surface area contributed by atoms with Gasteiger partial charge in [0, 0.05) is 23.7 Å². The summed E-state index contributed by atoms with van der Waals surface area (Å²) < 4.78 is 5.15. The van der Waals surface area contributed by atoms with Crippen LogP contribution in [0.5, 0.6) is 0 Å². The van der Waals surface area contributed by atoms with E-state index in [1.165, 1.54) is 0 Å². The minimum absolute atomic E-state index is 0.361. The van der Waals surface area contributed by atoms with E-state index in [1.54, 1.807) is 12.4 Å². The zero-order chi connectivity index (χ0) is 13.3. The molecule has 0 atom stereocenters. The highest BCUT2D eigenvalue weighted by molar-refractivity contribution is 5.58. The van der Waals surface area contributed by atoms with Crippen LogP contribution in [-0.2, 0) is 10.2 Å². The highest BCUT2D eigenvalue weighted by atomic mass is 16.5. The summed E-state index contributed by atoms with van der Waals surface area (Å²) in [5, 5.41) is 9.32. The Labute approximate surface area is 110 Å². The molecule has 0 aromatic carbocycles. The Bertz CT molecular complexity index is 644. The fourth-order valence-corrected chi connectivity index (χ4v) is 1.99. The number of ether oxygens (including phenoxy) is 1. The van der Waals surface area contributed by atoms with Crippen molar-refractivity contribution in [1.82, 2.24) is 15.0 Å². The maximum absolute atomic E-state index is 9.32. The molecule has 0 saturated carbocycles. The van der Waals surface area contributed by atoms with Crippen LogP contribution in [-0.4, -0.2) is 28.2 Å². The molecule has 94 valence electrons. The number of aromatic nitrogens is 3. The van der Waals surface area contributed by atoms with Crippen LogP contribution in [0.15, 0.2) is 30.6 Å². The molecule has 2 aromatic heterocycles. The smallest absolute Gasteiger partial charge is 0.163 e. The molecule has 5 heteroatoms. The Kier molecular flexibility index (Phi) is 2.73. The van der Waals surface area contributed by atoms with Crippen molar-refractivity contribution >= 4 is 0 Å². The molecular formula is C14H12N4O. The summed E-state index contributed by atoms with van der Waals surface area (Å²) in [6.07, 6.45) is 3.47. The van der Waals surface area contributed by atoms with Crippen molar-refractivity contribution in [1.29, 1.82) is 5.26 Å². The number of nitriles is 1. The number of hydrogen-bond donors (Lipinski definition) is 0. The van der Waals surface area contributed by atoms with Gasteiger partial charge in [0.1, 0.15) is 0 Å². The molecule has 0 radical (unpaired) electrons. The second kappa shape index (κ2) is 4.41. The van der Waals surface area contributed by atoms with Gasteiger partial charge < -0.3 is 4.74 Å². The maximum atomic E-state index is 9.32. The summed E-state index contributed by atoms with van der Waals surface area (Å²) in [6, 6.07) is 7.96. The topological polar surface area (TPSA) is 71.7 Å². The molecule has 0 aliphatic carbocycles. The first-order chi connectivity index (χ1) is 9.23. The van der Waals surface area contributed by atoms with Gasteiger partial charge in [0.2, 0.25) is 0 Å². The van der Waals surface area contributed by atoms with Crippen LogP contribution in [0, 0.1) is 18.3 Å². The summed E-state index contributed by atoms with van der Waals surface area (Å²) in [5.74, 6) is 0.542. The van der Waals surface area contributed by atoms with Crippen LogP contribution in [0.25, 0.3) is 11.3 Å². The fourth-order valence-electron chi connectivity index (χ4n) is 1.99. The summed E-state index contributed by atoms with van der Waals surface area (Å²) in [4.78, 5) is 13.0. The van der Waals surface area contributed by atoms with Crippen LogP contribution in [0.3, 0.4) is 0 Å². The third-order valence-corrected chi connectivity index (χ3v) is 3.15. The lowest BCUT2D eigenvalue weighted by molar-refractivity contribution is -0.0339. The zero-order valence-electron chi connectivity index (χ0n) is 10.5. The van der Waals surface area contributed by atoms with Gasteiger partial charge in [-0.25, -0.2) is 9.97 Å². The van der Waals surface area contributed by atoms with Gasteiger partial charge in [-0.15, -0.1) is 0 Å². The second-order valence-electron chi connectivity index (χ2n) is 4.65.